The predicted octanol–water partition coefficient (Wildman–Crippen LogP) is 2.15. The summed E-state index contributed by atoms with van der Waals surface area (Å²) in [7, 11) is 1.65. The van der Waals surface area contributed by atoms with Gasteiger partial charge in [-0.1, -0.05) is 6.07 Å². The number of methoxy groups -OCH3 is 1. The molecule has 0 bridgehead atoms. The second-order valence-electron chi connectivity index (χ2n) is 4.06. The Balaban J connectivity index is 2.25. The molecule has 0 aromatic heterocycles. The normalized spacial score (nSPS) is 20.4. The van der Waals surface area contributed by atoms with Gasteiger partial charge >= 0.3 is 0 Å². The monoisotopic (exact) mass is 225 g/mol. The lowest BCUT2D eigenvalue weighted by molar-refractivity contribution is 0.180. The lowest BCUT2D eigenvalue weighted by Gasteiger charge is -2.26. The average molecular weight is 225 g/mol. The van der Waals surface area contributed by atoms with Gasteiger partial charge in [0.15, 0.2) is 11.6 Å². The van der Waals surface area contributed by atoms with Crippen molar-refractivity contribution in [3.8, 4) is 5.75 Å². The molecular weight excluding hydrogens is 209 g/mol. The number of ether oxygens (including phenoxy) is 1. The van der Waals surface area contributed by atoms with E-state index in [9.17, 15) is 9.50 Å². The molecule has 1 N–H and O–H groups in total. The molecule has 2 rings (SSSR count). The van der Waals surface area contributed by atoms with Gasteiger partial charge in [-0.2, -0.15) is 0 Å². The number of nitrogens with zero attached hydrogens (tertiary/aromatic N) is 1. The first-order chi connectivity index (χ1) is 7.74. The maximum atomic E-state index is 13.7. The summed E-state index contributed by atoms with van der Waals surface area (Å²) < 4.78 is 18.9. The second-order valence-corrected chi connectivity index (χ2v) is 4.06. The van der Waals surface area contributed by atoms with Gasteiger partial charge in [-0.05, 0) is 25.0 Å². The lowest BCUT2D eigenvalue weighted by atomic mass is 10.2. The molecule has 0 saturated carbocycles. The number of hydrogen-bond donors (Lipinski definition) is 1. The molecule has 0 aliphatic carbocycles. The molecule has 1 heterocycles. The first-order valence-corrected chi connectivity index (χ1v) is 5.47. The summed E-state index contributed by atoms with van der Waals surface area (Å²) in [5, 5.41) is 9.34. The summed E-state index contributed by atoms with van der Waals surface area (Å²) in [6.45, 7) is 1.41. The fourth-order valence-electron chi connectivity index (χ4n) is 2.25. The molecule has 0 radical (unpaired) electrons. The van der Waals surface area contributed by atoms with Gasteiger partial charge in [0.25, 0.3) is 0 Å². The van der Waals surface area contributed by atoms with Gasteiger partial charge in [0.1, 0.15) is 0 Å². The van der Waals surface area contributed by atoms with Crippen molar-refractivity contribution >= 4 is 5.69 Å². The summed E-state index contributed by atoms with van der Waals surface area (Å²) in [4.78, 5) is 1.97. The van der Waals surface area contributed by atoms with Crippen molar-refractivity contribution in [2.24, 2.45) is 0 Å². The fraction of sp³-hybridized carbons (Fsp3) is 0.500. The van der Waals surface area contributed by atoms with Gasteiger partial charge in [0.2, 0.25) is 0 Å². The first kappa shape index (κ1) is 11.2. The van der Waals surface area contributed by atoms with Crippen LogP contribution < -0.4 is 4.90 Å². The van der Waals surface area contributed by atoms with E-state index in [1.807, 2.05) is 4.90 Å². The number of phenols is 1. The Labute approximate surface area is 94.4 Å². The van der Waals surface area contributed by atoms with Gasteiger partial charge < -0.3 is 14.7 Å². The SMILES string of the molecule is COCC1CCCN1c1cccc(O)c1F. The molecule has 1 aliphatic heterocycles. The van der Waals surface area contributed by atoms with Crippen molar-refractivity contribution in [3.63, 3.8) is 0 Å². The quantitative estimate of drug-likeness (QED) is 0.855. The van der Waals surface area contributed by atoms with Crippen LogP contribution in [0, 0.1) is 5.82 Å². The van der Waals surface area contributed by atoms with E-state index in [-0.39, 0.29) is 11.8 Å². The number of rotatable bonds is 3. The highest BCUT2D eigenvalue weighted by molar-refractivity contribution is 5.53. The topological polar surface area (TPSA) is 32.7 Å². The van der Waals surface area contributed by atoms with E-state index in [4.69, 9.17) is 4.74 Å². The minimum atomic E-state index is -0.537. The molecule has 1 aromatic rings. The first-order valence-electron chi connectivity index (χ1n) is 5.47. The van der Waals surface area contributed by atoms with Crippen molar-refractivity contribution in [2.45, 2.75) is 18.9 Å². The van der Waals surface area contributed by atoms with Crippen LogP contribution in [0.3, 0.4) is 0 Å². The Morgan fingerprint density at radius 3 is 3.12 bits per heavy atom. The number of anilines is 1. The molecule has 3 nitrogen and oxygen atoms in total. The number of hydrogen-bond acceptors (Lipinski definition) is 3. The largest absolute Gasteiger partial charge is 0.505 e. The minimum Gasteiger partial charge on any atom is -0.505 e. The third kappa shape index (κ3) is 1.97. The van der Waals surface area contributed by atoms with Crippen LogP contribution in [0.2, 0.25) is 0 Å². The molecule has 0 spiro atoms. The Morgan fingerprint density at radius 2 is 2.38 bits per heavy atom. The van der Waals surface area contributed by atoms with Gasteiger partial charge in [0, 0.05) is 13.7 Å². The zero-order chi connectivity index (χ0) is 11.5. The van der Waals surface area contributed by atoms with Crippen LogP contribution in [-0.2, 0) is 4.74 Å². The number of benzene rings is 1. The van der Waals surface area contributed by atoms with Gasteiger partial charge in [0.05, 0.1) is 18.3 Å². The van der Waals surface area contributed by atoms with E-state index in [2.05, 4.69) is 0 Å². The van der Waals surface area contributed by atoms with E-state index in [1.54, 1.807) is 19.2 Å². The average Bonchev–Trinajstić information content (AvgIpc) is 2.71. The van der Waals surface area contributed by atoms with Crippen LogP contribution in [0.4, 0.5) is 10.1 Å². The molecule has 4 heteroatoms. The van der Waals surface area contributed by atoms with Crippen LogP contribution in [0.15, 0.2) is 18.2 Å². The number of phenolic OH excluding ortho intramolecular Hbond substituents is 1. The molecule has 1 fully saturated rings. The summed E-state index contributed by atoms with van der Waals surface area (Å²) in [6.07, 6.45) is 2.03. The van der Waals surface area contributed by atoms with E-state index < -0.39 is 5.82 Å². The van der Waals surface area contributed by atoms with Gasteiger partial charge in [-0.25, -0.2) is 4.39 Å². The molecule has 1 saturated heterocycles. The summed E-state index contributed by atoms with van der Waals surface area (Å²) >= 11 is 0. The van der Waals surface area contributed by atoms with Crippen molar-refractivity contribution in [1.82, 2.24) is 0 Å². The van der Waals surface area contributed by atoms with Crippen molar-refractivity contribution in [3.05, 3.63) is 24.0 Å². The molecule has 16 heavy (non-hydrogen) atoms. The molecule has 88 valence electrons. The number of halogens is 1. The minimum absolute atomic E-state index is 0.210. The van der Waals surface area contributed by atoms with Crippen LogP contribution in [0.5, 0.6) is 5.75 Å². The molecule has 1 aliphatic rings. The Morgan fingerprint density at radius 1 is 1.56 bits per heavy atom. The van der Waals surface area contributed by atoms with Crippen LogP contribution in [0.25, 0.3) is 0 Å². The second kappa shape index (κ2) is 4.70. The summed E-state index contributed by atoms with van der Waals surface area (Å²) in [6, 6.07) is 4.93. The van der Waals surface area contributed by atoms with Gasteiger partial charge in [-0.15, -0.1) is 0 Å². The molecule has 0 amide bonds. The van der Waals surface area contributed by atoms with Crippen LogP contribution in [-0.4, -0.2) is 31.4 Å². The summed E-state index contributed by atoms with van der Waals surface area (Å²) in [5.74, 6) is -0.828. The third-order valence-corrected chi connectivity index (χ3v) is 3.00. The third-order valence-electron chi connectivity index (χ3n) is 3.00. The van der Waals surface area contributed by atoms with Crippen molar-refractivity contribution in [1.29, 1.82) is 0 Å². The molecule has 1 aromatic carbocycles. The summed E-state index contributed by atoms with van der Waals surface area (Å²) in [5.41, 5.74) is 0.472. The van der Waals surface area contributed by atoms with Crippen LogP contribution in [0.1, 0.15) is 12.8 Å². The highest BCUT2D eigenvalue weighted by Crippen LogP contribution is 2.31. The molecule has 1 unspecified atom stereocenters. The standard InChI is InChI=1S/C12H16FNO2/c1-16-8-9-4-3-7-14(9)10-5-2-6-11(15)12(10)13/h2,5-6,9,15H,3-4,7-8H2,1H3. The molecule has 1 atom stereocenters. The van der Waals surface area contributed by atoms with Gasteiger partial charge in [-0.3, -0.25) is 0 Å². The predicted molar refractivity (Wildman–Crippen MR) is 60.3 cm³/mol. The molecular formula is C12H16FNO2. The van der Waals surface area contributed by atoms with E-state index in [1.165, 1.54) is 6.07 Å². The Hall–Kier alpha value is -1.29. The van der Waals surface area contributed by atoms with E-state index in [0.717, 1.165) is 19.4 Å². The van der Waals surface area contributed by atoms with E-state index in [0.29, 0.717) is 12.3 Å². The van der Waals surface area contributed by atoms with Crippen LogP contribution >= 0.6 is 0 Å². The highest BCUT2D eigenvalue weighted by Gasteiger charge is 2.27. The maximum Gasteiger partial charge on any atom is 0.188 e. The highest BCUT2D eigenvalue weighted by atomic mass is 19.1. The lowest BCUT2D eigenvalue weighted by Crippen LogP contribution is -2.33. The number of aromatic hydroxyl groups is 1. The van der Waals surface area contributed by atoms with Crippen molar-refractivity contribution in [2.75, 3.05) is 25.2 Å². The maximum absolute atomic E-state index is 13.7. The van der Waals surface area contributed by atoms with Crippen molar-refractivity contribution < 1.29 is 14.2 Å². The van der Waals surface area contributed by atoms with E-state index >= 15 is 0 Å². The Kier molecular flexibility index (Phi) is 3.29. The Bertz CT molecular complexity index is 370. The zero-order valence-corrected chi connectivity index (χ0v) is 9.32. The zero-order valence-electron chi connectivity index (χ0n) is 9.32. The smallest absolute Gasteiger partial charge is 0.188 e. The fourth-order valence-corrected chi connectivity index (χ4v) is 2.25.